The van der Waals surface area contributed by atoms with Gasteiger partial charge in [-0.25, -0.2) is 4.98 Å². The fourth-order valence-electron chi connectivity index (χ4n) is 1.31. The van der Waals surface area contributed by atoms with E-state index in [2.05, 4.69) is 10.1 Å². The number of hydrogen-bond acceptors (Lipinski definition) is 4. The first-order valence-electron chi connectivity index (χ1n) is 4.83. The van der Waals surface area contributed by atoms with Gasteiger partial charge >= 0.3 is 0 Å². The largest absolute Gasteiger partial charge is 0.388 e. The van der Waals surface area contributed by atoms with E-state index in [0.29, 0.717) is 6.42 Å². The highest BCUT2D eigenvalue weighted by molar-refractivity contribution is 7.15. The van der Waals surface area contributed by atoms with E-state index in [4.69, 9.17) is 0 Å². The van der Waals surface area contributed by atoms with Crippen LogP contribution in [0.15, 0.2) is 18.6 Å². The standard InChI is InChI=1S/C10H13N3OS/c1-3-8(14)9-5-11-10(15-9)7-4-12-13(2)6-7/h4-6,8,14H,3H2,1-2H3. The van der Waals surface area contributed by atoms with Crippen molar-refractivity contribution in [2.24, 2.45) is 7.05 Å². The Morgan fingerprint density at radius 2 is 2.33 bits per heavy atom. The Balaban J connectivity index is 2.27. The van der Waals surface area contributed by atoms with E-state index in [1.807, 2.05) is 20.2 Å². The van der Waals surface area contributed by atoms with Crippen molar-refractivity contribution in [2.45, 2.75) is 19.4 Å². The predicted octanol–water partition coefficient (Wildman–Crippen LogP) is 1.99. The third kappa shape index (κ3) is 2.08. The SMILES string of the molecule is CCC(O)c1cnc(-c2cnn(C)c2)s1. The van der Waals surface area contributed by atoms with Gasteiger partial charge in [-0.05, 0) is 6.42 Å². The summed E-state index contributed by atoms with van der Waals surface area (Å²) < 4.78 is 1.74. The first-order valence-corrected chi connectivity index (χ1v) is 5.65. The number of aliphatic hydroxyl groups is 1. The average molecular weight is 223 g/mol. The molecule has 0 bridgehead atoms. The van der Waals surface area contributed by atoms with E-state index in [1.54, 1.807) is 17.1 Å². The van der Waals surface area contributed by atoms with Crippen LogP contribution in [-0.4, -0.2) is 19.9 Å². The average Bonchev–Trinajstić information content (AvgIpc) is 2.84. The second kappa shape index (κ2) is 4.12. The summed E-state index contributed by atoms with van der Waals surface area (Å²) in [5.41, 5.74) is 0.997. The van der Waals surface area contributed by atoms with Crippen molar-refractivity contribution in [1.82, 2.24) is 14.8 Å². The molecule has 0 amide bonds. The maximum Gasteiger partial charge on any atom is 0.126 e. The molecule has 0 spiro atoms. The fraction of sp³-hybridized carbons (Fsp3) is 0.400. The summed E-state index contributed by atoms with van der Waals surface area (Å²) in [6.07, 6.45) is 5.76. The lowest BCUT2D eigenvalue weighted by Crippen LogP contribution is -1.89. The van der Waals surface area contributed by atoms with Crippen LogP contribution in [0, 0.1) is 0 Å². The van der Waals surface area contributed by atoms with Crippen LogP contribution in [0.3, 0.4) is 0 Å². The Bertz CT molecular complexity index is 449. The molecule has 80 valence electrons. The first-order chi connectivity index (χ1) is 7.20. The monoisotopic (exact) mass is 223 g/mol. The van der Waals surface area contributed by atoms with Gasteiger partial charge in [-0.3, -0.25) is 4.68 Å². The number of thiazole rings is 1. The summed E-state index contributed by atoms with van der Waals surface area (Å²) in [4.78, 5) is 5.19. The Hall–Kier alpha value is -1.20. The smallest absolute Gasteiger partial charge is 0.126 e. The van der Waals surface area contributed by atoms with Crippen molar-refractivity contribution in [3.05, 3.63) is 23.5 Å². The molecule has 1 atom stereocenters. The van der Waals surface area contributed by atoms with Gasteiger partial charge in [0.25, 0.3) is 0 Å². The lowest BCUT2D eigenvalue weighted by molar-refractivity contribution is 0.177. The van der Waals surface area contributed by atoms with Crippen molar-refractivity contribution in [1.29, 1.82) is 0 Å². The van der Waals surface area contributed by atoms with Crippen LogP contribution in [0.1, 0.15) is 24.3 Å². The zero-order chi connectivity index (χ0) is 10.8. The predicted molar refractivity (Wildman–Crippen MR) is 59.6 cm³/mol. The van der Waals surface area contributed by atoms with Crippen LogP contribution < -0.4 is 0 Å². The van der Waals surface area contributed by atoms with Gasteiger partial charge in [-0.1, -0.05) is 6.92 Å². The van der Waals surface area contributed by atoms with E-state index in [0.717, 1.165) is 15.4 Å². The Morgan fingerprint density at radius 3 is 2.93 bits per heavy atom. The normalized spacial score (nSPS) is 13.0. The summed E-state index contributed by atoms with van der Waals surface area (Å²) in [7, 11) is 1.87. The maximum atomic E-state index is 9.64. The molecule has 0 saturated carbocycles. The maximum absolute atomic E-state index is 9.64. The van der Waals surface area contributed by atoms with E-state index < -0.39 is 6.10 Å². The molecule has 0 aliphatic rings. The zero-order valence-corrected chi connectivity index (χ0v) is 9.53. The van der Waals surface area contributed by atoms with Crippen LogP contribution in [0.4, 0.5) is 0 Å². The first kappa shape index (κ1) is 10.3. The third-order valence-corrected chi connectivity index (χ3v) is 3.34. The van der Waals surface area contributed by atoms with E-state index in [9.17, 15) is 5.11 Å². The third-order valence-electron chi connectivity index (χ3n) is 2.19. The number of rotatable bonds is 3. The van der Waals surface area contributed by atoms with E-state index >= 15 is 0 Å². The molecule has 0 radical (unpaired) electrons. The van der Waals surface area contributed by atoms with E-state index in [1.165, 1.54) is 11.3 Å². The molecular formula is C10H13N3OS. The van der Waals surface area contributed by atoms with Gasteiger partial charge in [0.1, 0.15) is 5.01 Å². The van der Waals surface area contributed by atoms with Crippen molar-refractivity contribution in [3.63, 3.8) is 0 Å². The second-order valence-corrected chi connectivity index (χ2v) is 4.46. The molecule has 0 saturated heterocycles. The molecular weight excluding hydrogens is 210 g/mol. The minimum Gasteiger partial charge on any atom is -0.388 e. The summed E-state index contributed by atoms with van der Waals surface area (Å²) >= 11 is 1.52. The Kier molecular flexibility index (Phi) is 2.83. The minimum absolute atomic E-state index is 0.395. The highest BCUT2D eigenvalue weighted by Gasteiger charge is 2.11. The second-order valence-electron chi connectivity index (χ2n) is 3.39. The van der Waals surface area contributed by atoms with Gasteiger partial charge in [-0.15, -0.1) is 11.3 Å². The molecule has 15 heavy (non-hydrogen) atoms. The minimum atomic E-state index is -0.395. The topological polar surface area (TPSA) is 50.9 Å². The molecule has 5 heteroatoms. The highest BCUT2D eigenvalue weighted by Crippen LogP contribution is 2.29. The van der Waals surface area contributed by atoms with Crippen molar-refractivity contribution < 1.29 is 5.11 Å². The molecule has 0 aliphatic heterocycles. The van der Waals surface area contributed by atoms with Gasteiger partial charge in [0.2, 0.25) is 0 Å². The lowest BCUT2D eigenvalue weighted by Gasteiger charge is -2.01. The molecule has 0 aliphatic carbocycles. The fourth-order valence-corrected chi connectivity index (χ4v) is 2.27. The summed E-state index contributed by atoms with van der Waals surface area (Å²) in [5.74, 6) is 0. The van der Waals surface area contributed by atoms with Crippen molar-refractivity contribution >= 4 is 11.3 Å². The summed E-state index contributed by atoms with van der Waals surface area (Å²) in [5, 5.41) is 14.6. The molecule has 2 heterocycles. The number of hydrogen-bond donors (Lipinski definition) is 1. The van der Waals surface area contributed by atoms with Crippen LogP contribution in [0.25, 0.3) is 10.6 Å². The Morgan fingerprint density at radius 1 is 1.53 bits per heavy atom. The molecule has 1 unspecified atom stereocenters. The van der Waals surface area contributed by atoms with Crippen LogP contribution in [0.2, 0.25) is 0 Å². The Labute approximate surface area is 92.2 Å². The summed E-state index contributed by atoms with van der Waals surface area (Å²) in [6.45, 7) is 1.95. The molecule has 2 rings (SSSR count). The number of aryl methyl sites for hydroxylation is 1. The molecule has 1 N–H and O–H groups in total. The lowest BCUT2D eigenvalue weighted by atomic mass is 10.2. The number of aromatic nitrogens is 3. The quantitative estimate of drug-likeness (QED) is 0.865. The number of aliphatic hydroxyl groups excluding tert-OH is 1. The molecule has 4 nitrogen and oxygen atoms in total. The molecule has 2 aromatic rings. The van der Waals surface area contributed by atoms with E-state index in [-0.39, 0.29) is 0 Å². The van der Waals surface area contributed by atoms with Crippen molar-refractivity contribution in [3.8, 4) is 10.6 Å². The van der Waals surface area contributed by atoms with Crippen LogP contribution >= 0.6 is 11.3 Å². The van der Waals surface area contributed by atoms with Gasteiger partial charge < -0.3 is 5.11 Å². The molecule has 2 aromatic heterocycles. The van der Waals surface area contributed by atoms with Gasteiger partial charge in [0.05, 0.1) is 17.2 Å². The summed E-state index contributed by atoms with van der Waals surface area (Å²) in [6, 6.07) is 0. The molecule has 0 fully saturated rings. The van der Waals surface area contributed by atoms with Gasteiger partial charge in [0.15, 0.2) is 0 Å². The van der Waals surface area contributed by atoms with Crippen LogP contribution in [0.5, 0.6) is 0 Å². The number of nitrogens with zero attached hydrogens (tertiary/aromatic N) is 3. The van der Waals surface area contributed by atoms with Crippen molar-refractivity contribution in [2.75, 3.05) is 0 Å². The van der Waals surface area contributed by atoms with Gasteiger partial charge in [-0.2, -0.15) is 5.10 Å². The molecule has 0 aromatic carbocycles. The van der Waals surface area contributed by atoms with Crippen LogP contribution in [-0.2, 0) is 7.05 Å². The highest BCUT2D eigenvalue weighted by atomic mass is 32.1. The zero-order valence-electron chi connectivity index (χ0n) is 8.71. The van der Waals surface area contributed by atoms with Gasteiger partial charge in [0, 0.05) is 25.0 Å².